The zero-order chi connectivity index (χ0) is 19.0. The van der Waals surface area contributed by atoms with Gasteiger partial charge < -0.3 is 14.8 Å². The third-order valence-corrected chi connectivity index (χ3v) is 4.95. The molecule has 2 aromatic carbocycles. The highest BCUT2D eigenvalue weighted by molar-refractivity contribution is 6.08. The average Bonchev–Trinajstić information content (AvgIpc) is 2.93. The van der Waals surface area contributed by atoms with Gasteiger partial charge in [-0.05, 0) is 23.8 Å². The van der Waals surface area contributed by atoms with Crippen molar-refractivity contribution in [1.82, 2.24) is 10.2 Å². The normalized spacial score (nSPS) is 20.9. The molecule has 1 atom stereocenters. The van der Waals surface area contributed by atoms with Gasteiger partial charge in [-0.25, -0.2) is 9.59 Å². The first-order valence-electron chi connectivity index (χ1n) is 8.59. The fraction of sp³-hybridized carbons (Fsp3) is 0.250. The average molecular weight is 366 g/mol. The first-order chi connectivity index (χ1) is 13.0. The van der Waals surface area contributed by atoms with Crippen LogP contribution in [0.3, 0.4) is 0 Å². The van der Waals surface area contributed by atoms with E-state index in [4.69, 9.17) is 9.47 Å². The van der Waals surface area contributed by atoms with Gasteiger partial charge in [-0.15, -0.1) is 0 Å². The van der Waals surface area contributed by atoms with Crippen LogP contribution in [0.25, 0.3) is 0 Å². The van der Waals surface area contributed by atoms with E-state index in [1.165, 1.54) is 12.0 Å². The van der Waals surface area contributed by atoms with Gasteiger partial charge in [-0.1, -0.05) is 30.3 Å². The largest absolute Gasteiger partial charge is 0.493 e. The van der Waals surface area contributed by atoms with E-state index >= 15 is 0 Å². The lowest BCUT2D eigenvalue weighted by molar-refractivity contribution is -0.133. The Hall–Kier alpha value is -3.35. The van der Waals surface area contributed by atoms with Crippen molar-refractivity contribution < 1.29 is 23.9 Å². The van der Waals surface area contributed by atoms with Gasteiger partial charge in [0.1, 0.15) is 5.75 Å². The number of imide groups is 1. The predicted molar refractivity (Wildman–Crippen MR) is 95.1 cm³/mol. The first kappa shape index (κ1) is 17.1. The molecule has 27 heavy (non-hydrogen) atoms. The number of carbonyl (C=O) groups excluding carboxylic acids is 3. The molecule has 0 bridgehead atoms. The van der Waals surface area contributed by atoms with E-state index in [1.807, 2.05) is 12.1 Å². The van der Waals surface area contributed by atoms with Gasteiger partial charge in [0.05, 0.1) is 25.8 Å². The second-order valence-electron chi connectivity index (χ2n) is 6.51. The maximum absolute atomic E-state index is 13.2. The van der Waals surface area contributed by atoms with E-state index < -0.39 is 17.5 Å². The number of urea groups is 1. The van der Waals surface area contributed by atoms with Crippen molar-refractivity contribution in [3.8, 4) is 5.75 Å². The molecule has 1 fully saturated rings. The number of para-hydroxylation sites is 1. The SMILES string of the molecule is COC(=O)c1cccc(CN2C(=O)NC3(CCOc4ccccc43)C2=O)c1. The van der Waals surface area contributed by atoms with E-state index in [-0.39, 0.29) is 12.5 Å². The molecule has 7 nitrogen and oxygen atoms in total. The summed E-state index contributed by atoms with van der Waals surface area (Å²) in [6.45, 7) is 0.412. The topological polar surface area (TPSA) is 84.9 Å². The van der Waals surface area contributed by atoms with Crippen molar-refractivity contribution in [3.63, 3.8) is 0 Å². The number of carbonyl (C=O) groups is 3. The van der Waals surface area contributed by atoms with E-state index in [9.17, 15) is 14.4 Å². The maximum atomic E-state index is 13.2. The summed E-state index contributed by atoms with van der Waals surface area (Å²) >= 11 is 0. The number of nitrogens with zero attached hydrogens (tertiary/aromatic N) is 1. The van der Waals surface area contributed by atoms with Gasteiger partial charge in [0, 0.05) is 12.0 Å². The molecule has 2 aliphatic rings. The number of hydrogen-bond acceptors (Lipinski definition) is 5. The third-order valence-electron chi connectivity index (χ3n) is 4.95. The van der Waals surface area contributed by atoms with Crippen LogP contribution >= 0.6 is 0 Å². The summed E-state index contributed by atoms with van der Waals surface area (Å²) in [6.07, 6.45) is 0.368. The fourth-order valence-electron chi connectivity index (χ4n) is 3.61. The van der Waals surface area contributed by atoms with Crippen LogP contribution in [0.4, 0.5) is 4.79 Å². The Morgan fingerprint density at radius 3 is 2.85 bits per heavy atom. The Balaban J connectivity index is 1.65. The molecule has 7 heteroatoms. The van der Waals surface area contributed by atoms with Crippen LogP contribution in [-0.4, -0.2) is 36.5 Å². The van der Waals surface area contributed by atoms with E-state index in [1.54, 1.807) is 36.4 Å². The second kappa shape index (κ2) is 6.42. The van der Waals surface area contributed by atoms with Crippen molar-refractivity contribution in [2.75, 3.05) is 13.7 Å². The van der Waals surface area contributed by atoms with Crippen LogP contribution in [-0.2, 0) is 21.6 Å². The summed E-state index contributed by atoms with van der Waals surface area (Å²) in [5.74, 6) is -0.178. The summed E-state index contributed by atoms with van der Waals surface area (Å²) < 4.78 is 10.3. The molecule has 138 valence electrons. The first-order valence-corrected chi connectivity index (χ1v) is 8.59. The smallest absolute Gasteiger partial charge is 0.337 e. The summed E-state index contributed by atoms with van der Waals surface area (Å²) in [6, 6.07) is 13.5. The maximum Gasteiger partial charge on any atom is 0.337 e. The van der Waals surface area contributed by atoms with E-state index in [0.29, 0.717) is 35.5 Å². The lowest BCUT2D eigenvalue weighted by Gasteiger charge is -2.33. The van der Waals surface area contributed by atoms with Crippen molar-refractivity contribution in [2.24, 2.45) is 0 Å². The summed E-state index contributed by atoms with van der Waals surface area (Å²) in [5, 5.41) is 2.86. The predicted octanol–water partition coefficient (Wildman–Crippen LogP) is 2.20. The van der Waals surface area contributed by atoms with E-state index in [0.717, 1.165) is 0 Å². The monoisotopic (exact) mass is 366 g/mol. The minimum Gasteiger partial charge on any atom is -0.493 e. The molecule has 1 N–H and O–H groups in total. The number of benzene rings is 2. The minimum absolute atomic E-state index is 0.0697. The highest BCUT2D eigenvalue weighted by Gasteiger charge is 2.54. The quantitative estimate of drug-likeness (QED) is 0.665. The number of ether oxygens (including phenoxy) is 2. The Morgan fingerprint density at radius 2 is 2.04 bits per heavy atom. The molecule has 4 rings (SSSR count). The van der Waals surface area contributed by atoms with Crippen molar-refractivity contribution in [3.05, 3.63) is 65.2 Å². The van der Waals surface area contributed by atoms with Gasteiger partial charge in [0.15, 0.2) is 5.54 Å². The Bertz CT molecular complexity index is 941. The van der Waals surface area contributed by atoms with Crippen LogP contribution in [0.5, 0.6) is 5.75 Å². The number of methoxy groups -OCH3 is 1. The zero-order valence-corrected chi connectivity index (χ0v) is 14.7. The molecule has 1 unspecified atom stereocenters. The van der Waals surface area contributed by atoms with E-state index in [2.05, 4.69) is 5.32 Å². The van der Waals surface area contributed by atoms with Gasteiger partial charge >= 0.3 is 12.0 Å². The van der Waals surface area contributed by atoms with Crippen LogP contribution in [0, 0.1) is 0 Å². The van der Waals surface area contributed by atoms with Crippen molar-refractivity contribution >= 4 is 17.9 Å². The molecule has 2 heterocycles. The highest BCUT2D eigenvalue weighted by atomic mass is 16.5. The zero-order valence-electron chi connectivity index (χ0n) is 14.7. The molecular weight excluding hydrogens is 348 g/mol. The van der Waals surface area contributed by atoms with Gasteiger partial charge in [0.25, 0.3) is 5.91 Å². The molecule has 0 saturated carbocycles. The minimum atomic E-state index is -1.11. The van der Waals surface area contributed by atoms with Crippen LogP contribution < -0.4 is 10.1 Å². The molecule has 0 aliphatic carbocycles. The number of esters is 1. The molecule has 0 aromatic heterocycles. The summed E-state index contributed by atoms with van der Waals surface area (Å²) in [5.41, 5.74) is 0.596. The lowest BCUT2D eigenvalue weighted by atomic mass is 9.84. The number of amides is 3. The second-order valence-corrected chi connectivity index (χ2v) is 6.51. The van der Waals surface area contributed by atoms with Crippen LogP contribution in [0.1, 0.15) is 27.9 Å². The van der Waals surface area contributed by atoms with Gasteiger partial charge in [-0.2, -0.15) is 0 Å². The van der Waals surface area contributed by atoms with Gasteiger partial charge in [-0.3, -0.25) is 9.69 Å². The molecule has 3 amide bonds. The molecule has 1 spiro atoms. The van der Waals surface area contributed by atoms with Crippen molar-refractivity contribution in [2.45, 2.75) is 18.5 Å². The molecule has 1 saturated heterocycles. The van der Waals surface area contributed by atoms with Crippen molar-refractivity contribution in [1.29, 1.82) is 0 Å². The molecule has 2 aliphatic heterocycles. The molecule has 0 radical (unpaired) electrons. The number of rotatable bonds is 3. The van der Waals surface area contributed by atoms with Crippen LogP contribution in [0.2, 0.25) is 0 Å². The number of nitrogens with one attached hydrogen (secondary N) is 1. The third kappa shape index (κ3) is 2.71. The lowest BCUT2D eigenvalue weighted by Crippen LogP contribution is -2.47. The highest BCUT2D eigenvalue weighted by Crippen LogP contribution is 2.41. The molecule has 2 aromatic rings. The Morgan fingerprint density at radius 1 is 1.22 bits per heavy atom. The molecular formula is C20H18N2O5. The number of fused-ring (bicyclic) bond motifs is 2. The Labute approximate surface area is 155 Å². The summed E-state index contributed by atoms with van der Waals surface area (Å²) in [4.78, 5) is 38.7. The Kier molecular flexibility index (Phi) is 4.07. The van der Waals surface area contributed by atoms with Gasteiger partial charge in [0.2, 0.25) is 0 Å². The standard InChI is InChI=1S/C20H18N2O5/c1-26-17(23)14-6-4-5-13(11-14)12-22-18(24)20(21-19(22)25)9-10-27-16-8-3-2-7-15(16)20/h2-8,11H,9-10,12H2,1H3,(H,21,25). The van der Waals surface area contributed by atoms with Crippen LogP contribution in [0.15, 0.2) is 48.5 Å². The summed E-state index contributed by atoms with van der Waals surface area (Å²) in [7, 11) is 1.30. The fourth-order valence-corrected chi connectivity index (χ4v) is 3.61. The number of hydrogen-bond donors (Lipinski definition) is 1.